The standard InChI is InChI=1S/C15H21FN2/c1-12-10-13(4-5-14(12)16)18-9-8-17-15(11-18)6-2-3-7-15/h4-5,10,17H,2-3,6-9,11H2,1H3. The van der Waals surface area contributed by atoms with Gasteiger partial charge in [0, 0.05) is 30.9 Å². The third-order valence-electron chi connectivity index (χ3n) is 4.44. The zero-order valence-corrected chi connectivity index (χ0v) is 11.0. The summed E-state index contributed by atoms with van der Waals surface area (Å²) in [6.45, 7) is 4.97. The maximum Gasteiger partial charge on any atom is 0.126 e. The van der Waals surface area contributed by atoms with Crippen molar-refractivity contribution in [3.05, 3.63) is 29.6 Å². The molecule has 1 heterocycles. The van der Waals surface area contributed by atoms with E-state index in [4.69, 9.17) is 0 Å². The van der Waals surface area contributed by atoms with Gasteiger partial charge in [-0.1, -0.05) is 12.8 Å². The van der Waals surface area contributed by atoms with Gasteiger partial charge in [0.2, 0.25) is 0 Å². The molecule has 0 aromatic heterocycles. The molecular formula is C15H21FN2. The number of hydrogen-bond donors (Lipinski definition) is 1. The number of nitrogens with one attached hydrogen (secondary N) is 1. The lowest BCUT2D eigenvalue weighted by atomic mass is 9.94. The van der Waals surface area contributed by atoms with E-state index in [2.05, 4.69) is 10.2 Å². The first-order valence-electron chi connectivity index (χ1n) is 6.95. The van der Waals surface area contributed by atoms with Crippen LogP contribution in [0.1, 0.15) is 31.2 Å². The smallest absolute Gasteiger partial charge is 0.126 e. The van der Waals surface area contributed by atoms with Crippen molar-refractivity contribution >= 4 is 5.69 Å². The van der Waals surface area contributed by atoms with E-state index in [9.17, 15) is 4.39 Å². The first-order chi connectivity index (χ1) is 8.69. The van der Waals surface area contributed by atoms with Gasteiger partial charge >= 0.3 is 0 Å². The molecule has 0 bridgehead atoms. The Morgan fingerprint density at radius 1 is 1.28 bits per heavy atom. The van der Waals surface area contributed by atoms with E-state index >= 15 is 0 Å². The third kappa shape index (κ3) is 2.12. The summed E-state index contributed by atoms with van der Waals surface area (Å²) in [5, 5.41) is 3.70. The normalized spacial score (nSPS) is 22.7. The molecule has 1 aromatic carbocycles. The van der Waals surface area contributed by atoms with Gasteiger partial charge in [0.05, 0.1) is 0 Å². The van der Waals surface area contributed by atoms with Crippen LogP contribution in [0.4, 0.5) is 10.1 Å². The monoisotopic (exact) mass is 248 g/mol. The highest BCUT2D eigenvalue weighted by atomic mass is 19.1. The van der Waals surface area contributed by atoms with Crippen molar-refractivity contribution in [3.8, 4) is 0 Å². The third-order valence-corrected chi connectivity index (χ3v) is 4.44. The Morgan fingerprint density at radius 2 is 2.06 bits per heavy atom. The molecule has 1 saturated heterocycles. The van der Waals surface area contributed by atoms with Gasteiger partial charge in [-0.05, 0) is 43.5 Å². The molecule has 2 nitrogen and oxygen atoms in total. The summed E-state index contributed by atoms with van der Waals surface area (Å²) in [4.78, 5) is 2.41. The average Bonchev–Trinajstić information content (AvgIpc) is 2.81. The van der Waals surface area contributed by atoms with Gasteiger partial charge in [-0.15, -0.1) is 0 Å². The van der Waals surface area contributed by atoms with Crippen molar-refractivity contribution in [3.63, 3.8) is 0 Å². The van der Waals surface area contributed by atoms with Gasteiger partial charge < -0.3 is 10.2 Å². The van der Waals surface area contributed by atoms with Crippen LogP contribution < -0.4 is 10.2 Å². The summed E-state index contributed by atoms with van der Waals surface area (Å²) in [6.07, 6.45) is 5.24. The second kappa shape index (κ2) is 4.54. The maximum atomic E-state index is 13.3. The minimum atomic E-state index is -0.107. The molecule has 0 atom stereocenters. The molecule has 18 heavy (non-hydrogen) atoms. The summed E-state index contributed by atoms with van der Waals surface area (Å²) in [5.41, 5.74) is 2.23. The first-order valence-corrected chi connectivity index (χ1v) is 6.95. The van der Waals surface area contributed by atoms with E-state index in [1.165, 1.54) is 31.4 Å². The molecule has 3 heteroatoms. The molecule has 1 aliphatic carbocycles. The summed E-state index contributed by atoms with van der Waals surface area (Å²) in [7, 11) is 0. The lowest BCUT2D eigenvalue weighted by Gasteiger charge is -2.42. The van der Waals surface area contributed by atoms with Gasteiger partial charge in [0.15, 0.2) is 0 Å². The SMILES string of the molecule is Cc1cc(N2CCNC3(CCCC3)C2)ccc1F. The van der Waals surface area contributed by atoms with Gasteiger partial charge in [-0.3, -0.25) is 0 Å². The maximum absolute atomic E-state index is 13.3. The number of aryl methyl sites for hydroxylation is 1. The molecule has 1 saturated carbocycles. The topological polar surface area (TPSA) is 15.3 Å². The van der Waals surface area contributed by atoms with E-state index in [1.54, 1.807) is 6.07 Å². The van der Waals surface area contributed by atoms with Crippen LogP contribution in [0, 0.1) is 12.7 Å². The Hall–Kier alpha value is -1.09. The van der Waals surface area contributed by atoms with E-state index < -0.39 is 0 Å². The van der Waals surface area contributed by atoms with Crippen molar-refractivity contribution in [2.45, 2.75) is 38.1 Å². The molecule has 0 amide bonds. The van der Waals surface area contributed by atoms with Crippen molar-refractivity contribution in [2.75, 3.05) is 24.5 Å². The number of nitrogens with zero attached hydrogens (tertiary/aromatic N) is 1. The minimum Gasteiger partial charge on any atom is -0.368 e. The lowest BCUT2D eigenvalue weighted by Crippen LogP contribution is -2.59. The summed E-state index contributed by atoms with van der Waals surface area (Å²) in [5.74, 6) is -0.107. The molecule has 1 aromatic rings. The number of halogens is 1. The number of piperazine rings is 1. The van der Waals surface area contributed by atoms with Gasteiger partial charge in [-0.2, -0.15) is 0 Å². The quantitative estimate of drug-likeness (QED) is 0.822. The van der Waals surface area contributed by atoms with Crippen LogP contribution in [0.25, 0.3) is 0 Å². The summed E-state index contributed by atoms with van der Waals surface area (Å²) >= 11 is 0. The Morgan fingerprint density at radius 3 is 2.78 bits per heavy atom. The zero-order valence-electron chi connectivity index (χ0n) is 11.0. The highest BCUT2D eigenvalue weighted by Gasteiger charge is 2.37. The van der Waals surface area contributed by atoms with E-state index in [-0.39, 0.29) is 5.82 Å². The zero-order chi connectivity index (χ0) is 12.6. The van der Waals surface area contributed by atoms with Crippen LogP contribution in [0.15, 0.2) is 18.2 Å². The minimum absolute atomic E-state index is 0.107. The van der Waals surface area contributed by atoms with Crippen LogP contribution in [0.3, 0.4) is 0 Å². The van der Waals surface area contributed by atoms with E-state index in [0.29, 0.717) is 5.54 Å². The Balaban J connectivity index is 1.81. The first kappa shape index (κ1) is 12.0. The molecule has 2 fully saturated rings. The second-order valence-corrected chi connectivity index (χ2v) is 5.77. The van der Waals surface area contributed by atoms with E-state index in [1.807, 2.05) is 19.1 Å². The lowest BCUT2D eigenvalue weighted by molar-refractivity contribution is 0.304. The van der Waals surface area contributed by atoms with Crippen molar-refractivity contribution < 1.29 is 4.39 Å². The van der Waals surface area contributed by atoms with Crippen LogP contribution >= 0.6 is 0 Å². The number of anilines is 1. The summed E-state index contributed by atoms with van der Waals surface area (Å²) in [6, 6.07) is 5.48. The predicted molar refractivity (Wildman–Crippen MR) is 72.6 cm³/mol. The van der Waals surface area contributed by atoms with Gasteiger partial charge in [0.25, 0.3) is 0 Å². The molecule has 3 rings (SSSR count). The Labute approximate surface area is 108 Å². The fourth-order valence-corrected chi connectivity index (χ4v) is 3.39. The Kier molecular flexibility index (Phi) is 3.02. The van der Waals surface area contributed by atoms with Crippen LogP contribution in [0.5, 0.6) is 0 Å². The Bertz CT molecular complexity index is 438. The predicted octanol–water partition coefficient (Wildman–Crippen LogP) is 2.86. The van der Waals surface area contributed by atoms with Gasteiger partial charge in [0.1, 0.15) is 5.82 Å². The molecular weight excluding hydrogens is 227 g/mol. The molecule has 1 spiro atoms. The van der Waals surface area contributed by atoms with Crippen LogP contribution in [0.2, 0.25) is 0 Å². The number of hydrogen-bond acceptors (Lipinski definition) is 2. The fraction of sp³-hybridized carbons (Fsp3) is 0.600. The van der Waals surface area contributed by atoms with Crippen LogP contribution in [-0.4, -0.2) is 25.2 Å². The molecule has 1 N–H and O–H groups in total. The fourth-order valence-electron chi connectivity index (χ4n) is 3.39. The van der Waals surface area contributed by atoms with Crippen LogP contribution in [-0.2, 0) is 0 Å². The van der Waals surface area contributed by atoms with Crippen molar-refractivity contribution in [1.82, 2.24) is 5.32 Å². The molecule has 0 unspecified atom stereocenters. The van der Waals surface area contributed by atoms with Crippen molar-refractivity contribution in [1.29, 1.82) is 0 Å². The molecule has 98 valence electrons. The highest BCUT2D eigenvalue weighted by Crippen LogP contribution is 2.33. The summed E-state index contributed by atoms with van der Waals surface area (Å²) < 4.78 is 13.3. The number of rotatable bonds is 1. The highest BCUT2D eigenvalue weighted by molar-refractivity contribution is 5.50. The average molecular weight is 248 g/mol. The number of benzene rings is 1. The largest absolute Gasteiger partial charge is 0.368 e. The van der Waals surface area contributed by atoms with Crippen molar-refractivity contribution in [2.24, 2.45) is 0 Å². The second-order valence-electron chi connectivity index (χ2n) is 5.77. The van der Waals surface area contributed by atoms with E-state index in [0.717, 1.165) is 25.2 Å². The molecule has 0 radical (unpaired) electrons. The molecule has 1 aliphatic heterocycles. The molecule has 2 aliphatic rings. The van der Waals surface area contributed by atoms with Gasteiger partial charge in [-0.25, -0.2) is 4.39 Å².